The van der Waals surface area contributed by atoms with Crippen LogP contribution in [-0.4, -0.2) is 13.6 Å². The molecule has 2 aromatic rings. The lowest BCUT2D eigenvalue weighted by atomic mass is 9.94. The quantitative estimate of drug-likeness (QED) is 0.744. The minimum absolute atomic E-state index is 0.310. The van der Waals surface area contributed by atoms with Crippen LogP contribution in [0.25, 0.3) is 0 Å². The van der Waals surface area contributed by atoms with Gasteiger partial charge in [-0.2, -0.15) is 0 Å². The highest BCUT2D eigenvalue weighted by Gasteiger charge is 2.04. The molecule has 20 heavy (non-hydrogen) atoms. The molecule has 0 fully saturated rings. The third kappa shape index (κ3) is 4.97. The van der Waals surface area contributed by atoms with E-state index in [0.29, 0.717) is 18.6 Å². The highest BCUT2D eigenvalue weighted by atomic mass is 79.9. The first kappa shape index (κ1) is 15.1. The van der Waals surface area contributed by atoms with Crippen molar-refractivity contribution >= 4 is 35.0 Å². The number of carbonyl (C=O) groups excluding carboxylic acids is 1. The van der Waals surface area contributed by atoms with Gasteiger partial charge in [0.05, 0.1) is 0 Å². The predicted octanol–water partition coefficient (Wildman–Crippen LogP) is 3.38. The summed E-state index contributed by atoms with van der Waals surface area (Å²) in [6.45, 7) is 0. The molecule has 2 radical (unpaired) electrons. The summed E-state index contributed by atoms with van der Waals surface area (Å²) in [6.07, 6.45) is 2.81. The SMILES string of the molecule is [B]c1ccc(CCC(=O)CCc2ccc(Br)cc2)cc1. The van der Waals surface area contributed by atoms with Crippen LogP contribution in [0.3, 0.4) is 0 Å². The maximum absolute atomic E-state index is 11.9. The maximum atomic E-state index is 11.9. The number of halogens is 1. The number of carbonyl (C=O) groups is 1. The van der Waals surface area contributed by atoms with Crippen LogP contribution in [0.1, 0.15) is 24.0 Å². The van der Waals surface area contributed by atoms with Gasteiger partial charge in [-0.25, -0.2) is 0 Å². The molecule has 0 spiro atoms. The van der Waals surface area contributed by atoms with Crippen molar-refractivity contribution in [2.45, 2.75) is 25.7 Å². The van der Waals surface area contributed by atoms with Gasteiger partial charge in [0.25, 0.3) is 0 Å². The fourth-order valence-corrected chi connectivity index (χ4v) is 2.29. The van der Waals surface area contributed by atoms with Crippen molar-refractivity contribution in [3.63, 3.8) is 0 Å². The van der Waals surface area contributed by atoms with Gasteiger partial charge in [-0.15, -0.1) is 0 Å². The second kappa shape index (κ2) is 7.44. The molecule has 0 unspecified atom stereocenters. The van der Waals surface area contributed by atoms with E-state index in [2.05, 4.69) is 28.1 Å². The van der Waals surface area contributed by atoms with Crippen molar-refractivity contribution < 1.29 is 4.79 Å². The van der Waals surface area contributed by atoms with Crippen LogP contribution in [0.15, 0.2) is 53.0 Å². The van der Waals surface area contributed by atoms with Crippen LogP contribution in [0.5, 0.6) is 0 Å². The Hall–Kier alpha value is -1.35. The zero-order valence-corrected chi connectivity index (χ0v) is 12.9. The summed E-state index contributed by atoms with van der Waals surface area (Å²) < 4.78 is 1.07. The molecule has 1 nitrogen and oxygen atoms in total. The molecule has 0 bridgehead atoms. The number of Topliss-reactive ketones (excluding diaryl/α,β-unsaturated/α-hetero) is 1. The Bertz CT molecular complexity index is 509. The van der Waals surface area contributed by atoms with Crippen molar-refractivity contribution in [3.8, 4) is 0 Å². The Morgan fingerprint density at radius 3 is 1.80 bits per heavy atom. The summed E-state index contributed by atoms with van der Waals surface area (Å²) >= 11 is 3.41. The Balaban J connectivity index is 1.75. The second-order valence-electron chi connectivity index (χ2n) is 4.91. The molecule has 0 aliphatic rings. The van der Waals surface area contributed by atoms with Crippen LogP contribution in [0.4, 0.5) is 0 Å². The first-order valence-electron chi connectivity index (χ1n) is 6.74. The molecule has 3 heteroatoms. The maximum Gasteiger partial charge on any atom is 0.133 e. The molecule has 0 heterocycles. The largest absolute Gasteiger partial charge is 0.300 e. The van der Waals surface area contributed by atoms with Crippen LogP contribution < -0.4 is 5.46 Å². The first-order chi connectivity index (χ1) is 9.63. The molecular weight excluding hydrogens is 311 g/mol. The zero-order valence-electron chi connectivity index (χ0n) is 11.3. The monoisotopic (exact) mass is 326 g/mol. The normalized spacial score (nSPS) is 10.4. The Morgan fingerprint density at radius 1 is 0.850 bits per heavy atom. The third-order valence-corrected chi connectivity index (χ3v) is 3.81. The van der Waals surface area contributed by atoms with E-state index in [1.54, 1.807) is 0 Å². The lowest BCUT2D eigenvalue weighted by Crippen LogP contribution is -2.04. The molecule has 100 valence electrons. The smallest absolute Gasteiger partial charge is 0.133 e. The molecule has 0 amide bonds. The molecule has 0 saturated carbocycles. The zero-order chi connectivity index (χ0) is 14.4. The fraction of sp³-hybridized carbons (Fsp3) is 0.235. The van der Waals surface area contributed by atoms with Crippen LogP contribution in [0, 0.1) is 0 Å². The van der Waals surface area contributed by atoms with E-state index < -0.39 is 0 Å². The van der Waals surface area contributed by atoms with Crippen LogP contribution in [0.2, 0.25) is 0 Å². The van der Waals surface area contributed by atoms with E-state index in [-0.39, 0.29) is 0 Å². The highest BCUT2D eigenvalue weighted by molar-refractivity contribution is 9.10. The number of benzene rings is 2. The molecule has 2 rings (SSSR count). The number of ketones is 1. The van der Waals surface area contributed by atoms with E-state index in [1.165, 1.54) is 5.56 Å². The van der Waals surface area contributed by atoms with E-state index in [1.807, 2.05) is 36.4 Å². The minimum atomic E-state index is 0.310. The van der Waals surface area contributed by atoms with E-state index in [0.717, 1.165) is 28.3 Å². The molecule has 0 aliphatic carbocycles. The highest BCUT2D eigenvalue weighted by Crippen LogP contribution is 2.12. The number of rotatable bonds is 6. The van der Waals surface area contributed by atoms with Gasteiger partial charge < -0.3 is 0 Å². The number of aryl methyl sites for hydroxylation is 2. The van der Waals surface area contributed by atoms with Gasteiger partial charge in [0.15, 0.2) is 0 Å². The van der Waals surface area contributed by atoms with Crippen LogP contribution >= 0.6 is 15.9 Å². The van der Waals surface area contributed by atoms with Crippen molar-refractivity contribution in [2.75, 3.05) is 0 Å². The molecular formula is C17H16BBrO. The predicted molar refractivity (Wildman–Crippen MR) is 87.6 cm³/mol. The standard InChI is InChI=1S/C17H16BBrO/c18-15-7-1-13(2-8-15)5-11-17(20)12-6-14-3-9-16(19)10-4-14/h1-4,7-10H,5-6,11-12H2. The molecule has 2 aromatic carbocycles. The Kier molecular flexibility index (Phi) is 5.60. The average Bonchev–Trinajstić information content (AvgIpc) is 2.46. The molecule has 0 saturated heterocycles. The van der Waals surface area contributed by atoms with Crippen molar-refractivity contribution in [2.24, 2.45) is 0 Å². The minimum Gasteiger partial charge on any atom is -0.300 e. The summed E-state index contributed by atoms with van der Waals surface area (Å²) in [6, 6.07) is 15.8. The van der Waals surface area contributed by atoms with Gasteiger partial charge >= 0.3 is 0 Å². The Morgan fingerprint density at radius 2 is 1.30 bits per heavy atom. The molecule has 0 aromatic heterocycles. The van der Waals surface area contributed by atoms with Gasteiger partial charge in [-0.3, -0.25) is 4.79 Å². The number of hydrogen-bond donors (Lipinski definition) is 0. The van der Waals surface area contributed by atoms with Gasteiger partial charge in [0.2, 0.25) is 0 Å². The van der Waals surface area contributed by atoms with E-state index in [9.17, 15) is 4.79 Å². The average molecular weight is 327 g/mol. The van der Waals surface area contributed by atoms with Gasteiger partial charge in [0, 0.05) is 17.3 Å². The summed E-state index contributed by atoms with van der Waals surface area (Å²) in [4.78, 5) is 11.9. The van der Waals surface area contributed by atoms with Gasteiger partial charge in [-0.05, 0) is 36.1 Å². The third-order valence-electron chi connectivity index (χ3n) is 3.28. The van der Waals surface area contributed by atoms with E-state index >= 15 is 0 Å². The number of hydrogen-bond acceptors (Lipinski definition) is 1. The first-order valence-corrected chi connectivity index (χ1v) is 7.53. The fourth-order valence-electron chi connectivity index (χ4n) is 2.03. The summed E-state index contributed by atoms with van der Waals surface area (Å²) in [7, 11) is 5.64. The molecule has 0 aliphatic heterocycles. The molecule has 0 atom stereocenters. The second-order valence-corrected chi connectivity index (χ2v) is 5.82. The van der Waals surface area contributed by atoms with Crippen molar-refractivity contribution in [1.29, 1.82) is 0 Å². The van der Waals surface area contributed by atoms with Crippen LogP contribution in [-0.2, 0) is 17.6 Å². The van der Waals surface area contributed by atoms with E-state index in [4.69, 9.17) is 7.85 Å². The van der Waals surface area contributed by atoms with Crippen molar-refractivity contribution in [1.82, 2.24) is 0 Å². The Labute approximate surface area is 129 Å². The topological polar surface area (TPSA) is 17.1 Å². The molecule has 0 N–H and O–H groups in total. The summed E-state index contributed by atoms with van der Waals surface area (Å²) in [5.41, 5.74) is 3.13. The summed E-state index contributed by atoms with van der Waals surface area (Å²) in [5, 5.41) is 0. The lowest BCUT2D eigenvalue weighted by molar-refractivity contribution is -0.119. The van der Waals surface area contributed by atoms with Gasteiger partial charge in [-0.1, -0.05) is 57.8 Å². The van der Waals surface area contributed by atoms with Gasteiger partial charge in [0.1, 0.15) is 13.6 Å². The summed E-state index contributed by atoms with van der Waals surface area (Å²) in [5.74, 6) is 0.310. The lowest BCUT2D eigenvalue weighted by Gasteiger charge is -2.03. The van der Waals surface area contributed by atoms with Crippen molar-refractivity contribution in [3.05, 3.63) is 64.1 Å².